The van der Waals surface area contributed by atoms with E-state index in [0.717, 1.165) is 0 Å². The molecule has 0 atom stereocenters. The number of para-hydroxylation sites is 2. The zero-order valence-corrected chi connectivity index (χ0v) is 17.2. The van der Waals surface area contributed by atoms with Crippen LogP contribution in [0.25, 0.3) is 0 Å². The molecular formula is C20H18ClN3O4S. The van der Waals surface area contributed by atoms with Crippen molar-refractivity contribution in [2.75, 3.05) is 17.1 Å². The molecule has 29 heavy (non-hydrogen) atoms. The van der Waals surface area contributed by atoms with Gasteiger partial charge in [-0.25, -0.2) is 13.4 Å². The zero-order chi connectivity index (χ0) is 21.0. The van der Waals surface area contributed by atoms with Crippen LogP contribution < -0.4 is 14.8 Å². The van der Waals surface area contributed by atoms with Gasteiger partial charge in [0, 0.05) is 11.9 Å². The van der Waals surface area contributed by atoms with E-state index >= 15 is 0 Å². The topological polar surface area (TPSA) is 97.4 Å². The van der Waals surface area contributed by atoms with Crippen LogP contribution in [0.1, 0.15) is 15.9 Å². The van der Waals surface area contributed by atoms with Crippen molar-refractivity contribution in [1.29, 1.82) is 0 Å². The van der Waals surface area contributed by atoms with E-state index in [2.05, 4.69) is 15.0 Å². The predicted molar refractivity (Wildman–Crippen MR) is 112 cm³/mol. The predicted octanol–water partition coefficient (Wildman–Crippen LogP) is 4.11. The number of hydrogen-bond donors (Lipinski definition) is 2. The number of carbonyl (C=O) groups excluding carboxylic acids is 1. The molecule has 2 aromatic carbocycles. The van der Waals surface area contributed by atoms with Gasteiger partial charge >= 0.3 is 0 Å². The van der Waals surface area contributed by atoms with Crippen LogP contribution in [0.2, 0.25) is 5.15 Å². The molecule has 0 radical (unpaired) electrons. The Hall–Kier alpha value is -3.10. The molecule has 3 aromatic rings. The number of amides is 1. The number of nitrogens with one attached hydrogen (secondary N) is 2. The van der Waals surface area contributed by atoms with Gasteiger partial charge < -0.3 is 10.1 Å². The summed E-state index contributed by atoms with van der Waals surface area (Å²) in [6.07, 6.45) is 1.34. The number of rotatable bonds is 6. The first-order valence-electron chi connectivity index (χ1n) is 8.49. The van der Waals surface area contributed by atoms with Crippen LogP contribution in [0.4, 0.5) is 11.4 Å². The highest BCUT2D eigenvalue weighted by molar-refractivity contribution is 7.92. The number of sulfonamides is 1. The van der Waals surface area contributed by atoms with Crippen LogP contribution in [0.5, 0.6) is 5.75 Å². The molecule has 2 N–H and O–H groups in total. The minimum absolute atomic E-state index is 0.0374. The minimum Gasteiger partial charge on any atom is -0.495 e. The summed E-state index contributed by atoms with van der Waals surface area (Å²) in [6.45, 7) is 1.67. The number of pyridine rings is 1. The van der Waals surface area contributed by atoms with Crippen molar-refractivity contribution in [2.45, 2.75) is 11.8 Å². The SMILES string of the molecule is COc1ccccc1NS(=O)(=O)c1cc(NC(=O)c2ccc(Cl)nc2)ccc1C. The number of nitrogens with zero attached hydrogens (tertiary/aromatic N) is 1. The van der Waals surface area contributed by atoms with E-state index in [-0.39, 0.29) is 10.0 Å². The molecule has 1 aromatic heterocycles. The number of aromatic nitrogens is 1. The number of ether oxygens (including phenoxy) is 1. The molecule has 9 heteroatoms. The Morgan fingerprint density at radius 3 is 2.55 bits per heavy atom. The van der Waals surface area contributed by atoms with Crippen molar-refractivity contribution < 1.29 is 17.9 Å². The molecule has 1 heterocycles. The summed E-state index contributed by atoms with van der Waals surface area (Å²) in [6, 6.07) is 14.4. The summed E-state index contributed by atoms with van der Waals surface area (Å²) in [7, 11) is -2.46. The summed E-state index contributed by atoms with van der Waals surface area (Å²) >= 11 is 5.73. The van der Waals surface area contributed by atoms with Gasteiger partial charge in [0.2, 0.25) is 0 Å². The Bertz CT molecular complexity index is 1150. The second-order valence-electron chi connectivity index (χ2n) is 6.11. The van der Waals surface area contributed by atoms with Gasteiger partial charge in [0.1, 0.15) is 10.9 Å². The van der Waals surface area contributed by atoms with Crippen molar-refractivity contribution >= 4 is 38.9 Å². The normalized spacial score (nSPS) is 11.0. The first-order chi connectivity index (χ1) is 13.8. The second kappa shape index (κ2) is 8.50. The molecule has 0 bridgehead atoms. The highest BCUT2D eigenvalue weighted by Crippen LogP contribution is 2.28. The summed E-state index contributed by atoms with van der Waals surface area (Å²) < 4.78 is 33.6. The molecule has 150 valence electrons. The zero-order valence-electron chi connectivity index (χ0n) is 15.6. The Morgan fingerprint density at radius 1 is 1.10 bits per heavy atom. The maximum Gasteiger partial charge on any atom is 0.262 e. The van der Waals surface area contributed by atoms with Gasteiger partial charge in [-0.15, -0.1) is 0 Å². The van der Waals surface area contributed by atoms with Crippen LogP contribution in [0.3, 0.4) is 0 Å². The Kier molecular flexibility index (Phi) is 6.05. The van der Waals surface area contributed by atoms with Gasteiger partial charge in [-0.1, -0.05) is 29.8 Å². The lowest BCUT2D eigenvalue weighted by atomic mass is 10.2. The molecule has 0 aliphatic carbocycles. The highest BCUT2D eigenvalue weighted by Gasteiger charge is 2.20. The standard InChI is InChI=1S/C20H18ClN3O4S/c1-13-7-9-15(23-20(25)14-8-10-19(21)22-12-14)11-18(13)29(26,27)24-16-5-3-4-6-17(16)28-2/h3-12,24H,1-2H3,(H,23,25). The van der Waals surface area contributed by atoms with E-state index in [1.807, 2.05) is 0 Å². The molecule has 0 fully saturated rings. The fraction of sp³-hybridized carbons (Fsp3) is 0.100. The van der Waals surface area contributed by atoms with E-state index in [1.165, 1.54) is 31.5 Å². The van der Waals surface area contributed by atoms with Gasteiger partial charge in [0.05, 0.1) is 23.3 Å². The number of hydrogen-bond acceptors (Lipinski definition) is 5. The van der Waals surface area contributed by atoms with Crippen molar-refractivity contribution in [3.05, 3.63) is 77.1 Å². The van der Waals surface area contributed by atoms with Crippen molar-refractivity contribution in [1.82, 2.24) is 4.98 Å². The van der Waals surface area contributed by atoms with Gasteiger partial charge in [-0.05, 0) is 48.9 Å². The van der Waals surface area contributed by atoms with Gasteiger partial charge in [-0.2, -0.15) is 0 Å². The number of halogens is 1. The first kappa shape index (κ1) is 20.6. The molecule has 0 unspecified atom stereocenters. The van der Waals surface area contributed by atoms with Gasteiger partial charge in [0.15, 0.2) is 0 Å². The molecule has 0 aliphatic rings. The summed E-state index contributed by atoms with van der Waals surface area (Å²) in [5, 5.41) is 2.94. The number of carbonyl (C=O) groups is 1. The first-order valence-corrected chi connectivity index (χ1v) is 10.4. The van der Waals surface area contributed by atoms with E-state index in [0.29, 0.717) is 28.3 Å². The average molecular weight is 432 g/mol. The molecule has 0 aliphatic heterocycles. The largest absolute Gasteiger partial charge is 0.495 e. The summed E-state index contributed by atoms with van der Waals surface area (Å²) in [5.74, 6) is -0.0347. The lowest BCUT2D eigenvalue weighted by Crippen LogP contribution is -2.16. The molecule has 3 rings (SSSR count). The second-order valence-corrected chi connectivity index (χ2v) is 8.15. The Labute approximate surface area is 173 Å². The molecule has 0 saturated heterocycles. The van der Waals surface area contributed by atoms with Gasteiger partial charge in [-0.3, -0.25) is 9.52 Å². The Morgan fingerprint density at radius 2 is 1.86 bits per heavy atom. The Balaban J connectivity index is 1.88. The van der Waals surface area contributed by atoms with Gasteiger partial charge in [0.25, 0.3) is 15.9 Å². The number of aryl methyl sites for hydroxylation is 1. The van der Waals surface area contributed by atoms with E-state index in [1.54, 1.807) is 43.3 Å². The average Bonchev–Trinajstić information content (AvgIpc) is 2.70. The third kappa shape index (κ3) is 4.85. The lowest BCUT2D eigenvalue weighted by molar-refractivity contribution is 0.102. The molecule has 1 amide bonds. The van der Waals surface area contributed by atoms with Crippen LogP contribution in [0.15, 0.2) is 65.7 Å². The number of benzene rings is 2. The van der Waals surface area contributed by atoms with E-state index < -0.39 is 15.9 Å². The summed E-state index contributed by atoms with van der Waals surface area (Å²) in [4.78, 5) is 16.3. The fourth-order valence-electron chi connectivity index (χ4n) is 2.61. The third-order valence-electron chi connectivity index (χ3n) is 4.08. The monoisotopic (exact) mass is 431 g/mol. The highest BCUT2D eigenvalue weighted by atomic mass is 35.5. The van der Waals surface area contributed by atoms with E-state index in [4.69, 9.17) is 16.3 Å². The van der Waals surface area contributed by atoms with Crippen LogP contribution in [-0.4, -0.2) is 26.4 Å². The van der Waals surface area contributed by atoms with Crippen molar-refractivity contribution in [3.63, 3.8) is 0 Å². The minimum atomic E-state index is -3.92. The van der Waals surface area contributed by atoms with Crippen molar-refractivity contribution in [3.8, 4) is 5.75 Å². The summed E-state index contributed by atoms with van der Waals surface area (Å²) in [5.41, 5.74) is 1.47. The van der Waals surface area contributed by atoms with E-state index in [9.17, 15) is 13.2 Å². The molecule has 7 nitrogen and oxygen atoms in total. The number of methoxy groups -OCH3 is 1. The molecule has 0 saturated carbocycles. The smallest absolute Gasteiger partial charge is 0.262 e. The fourth-order valence-corrected chi connectivity index (χ4v) is 4.06. The lowest BCUT2D eigenvalue weighted by Gasteiger charge is -2.14. The maximum atomic E-state index is 12.9. The quantitative estimate of drug-likeness (QED) is 0.572. The number of anilines is 2. The third-order valence-corrected chi connectivity index (χ3v) is 5.81. The van der Waals surface area contributed by atoms with Crippen molar-refractivity contribution in [2.24, 2.45) is 0 Å². The maximum absolute atomic E-state index is 12.9. The molecule has 0 spiro atoms. The molecular weight excluding hydrogens is 414 g/mol. The van der Waals surface area contributed by atoms with Crippen LogP contribution >= 0.6 is 11.6 Å². The van der Waals surface area contributed by atoms with Crippen LogP contribution in [-0.2, 0) is 10.0 Å². The van der Waals surface area contributed by atoms with Crippen LogP contribution in [0, 0.1) is 6.92 Å².